The summed E-state index contributed by atoms with van der Waals surface area (Å²) in [6.07, 6.45) is 6.29. The van der Waals surface area contributed by atoms with Crippen LogP contribution in [0.4, 0.5) is 10.1 Å². The first-order valence-electron chi connectivity index (χ1n) is 7.85. The zero-order valence-corrected chi connectivity index (χ0v) is 12.7. The molecule has 3 heteroatoms. The van der Waals surface area contributed by atoms with Crippen LogP contribution in [-0.2, 0) is 6.54 Å². The van der Waals surface area contributed by atoms with Gasteiger partial charge in [-0.3, -0.25) is 4.90 Å². The van der Waals surface area contributed by atoms with Gasteiger partial charge in [-0.1, -0.05) is 38.8 Å². The molecule has 1 saturated carbocycles. The van der Waals surface area contributed by atoms with E-state index < -0.39 is 0 Å². The fourth-order valence-electron chi connectivity index (χ4n) is 3.02. The van der Waals surface area contributed by atoms with E-state index in [9.17, 15) is 4.39 Å². The molecular weight excluding hydrogens is 251 g/mol. The van der Waals surface area contributed by atoms with Crippen molar-refractivity contribution in [1.29, 1.82) is 0 Å². The molecule has 0 heterocycles. The Hall–Kier alpha value is -1.09. The second kappa shape index (κ2) is 7.07. The second-order valence-electron chi connectivity index (χ2n) is 6.41. The Morgan fingerprint density at radius 3 is 2.65 bits per heavy atom. The lowest BCUT2D eigenvalue weighted by Crippen LogP contribution is -2.34. The van der Waals surface area contributed by atoms with Gasteiger partial charge in [-0.15, -0.1) is 0 Å². The number of anilines is 1. The maximum absolute atomic E-state index is 14.1. The molecule has 2 N–H and O–H groups in total. The summed E-state index contributed by atoms with van der Waals surface area (Å²) in [6.45, 7) is 6.23. The first kappa shape index (κ1) is 15.3. The van der Waals surface area contributed by atoms with Crippen LogP contribution in [0.15, 0.2) is 18.2 Å². The van der Waals surface area contributed by atoms with Crippen LogP contribution in [0, 0.1) is 11.7 Å². The summed E-state index contributed by atoms with van der Waals surface area (Å²) in [7, 11) is 0. The number of hydrogen-bond donors (Lipinski definition) is 1. The van der Waals surface area contributed by atoms with Crippen LogP contribution in [0.5, 0.6) is 0 Å². The summed E-state index contributed by atoms with van der Waals surface area (Å²) in [5, 5.41) is 0. The van der Waals surface area contributed by atoms with Gasteiger partial charge in [-0.05, 0) is 37.8 Å². The van der Waals surface area contributed by atoms with Crippen molar-refractivity contribution in [2.24, 2.45) is 5.92 Å². The molecule has 0 unspecified atom stereocenters. The van der Waals surface area contributed by atoms with E-state index in [-0.39, 0.29) is 11.5 Å². The lowest BCUT2D eigenvalue weighted by Gasteiger charge is -2.29. The molecule has 0 aliphatic heterocycles. The van der Waals surface area contributed by atoms with E-state index in [4.69, 9.17) is 5.73 Å². The fourth-order valence-corrected chi connectivity index (χ4v) is 3.02. The molecular formula is C17H27FN2. The molecule has 1 aromatic carbocycles. The van der Waals surface area contributed by atoms with Gasteiger partial charge in [-0.2, -0.15) is 0 Å². The fraction of sp³-hybridized carbons (Fsp3) is 0.647. The molecule has 0 bridgehead atoms. The van der Waals surface area contributed by atoms with Crippen molar-refractivity contribution in [1.82, 2.24) is 4.90 Å². The Labute approximate surface area is 122 Å². The summed E-state index contributed by atoms with van der Waals surface area (Å²) in [6, 6.07) is 5.97. The van der Waals surface area contributed by atoms with Crippen molar-refractivity contribution in [2.45, 2.75) is 58.5 Å². The number of nitrogens with zero attached hydrogens (tertiary/aromatic N) is 1. The van der Waals surface area contributed by atoms with E-state index in [1.165, 1.54) is 32.1 Å². The van der Waals surface area contributed by atoms with Crippen LogP contribution in [0.3, 0.4) is 0 Å². The van der Waals surface area contributed by atoms with Gasteiger partial charge < -0.3 is 5.73 Å². The molecule has 0 saturated heterocycles. The third-order valence-corrected chi connectivity index (χ3v) is 4.32. The number of benzene rings is 1. The Morgan fingerprint density at radius 1 is 1.30 bits per heavy atom. The molecule has 0 aromatic heterocycles. The quantitative estimate of drug-likeness (QED) is 0.790. The van der Waals surface area contributed by atoms with Crippen LogP contribution in [-0.4, -0.2) is 17.5 Å². The molecule has 1 aliphatic rings. The van der Waals surface area contributed by atoms with E-state index >= 15 is 0 Å². The number of halogens is 1. The second-order valence-corrected chi connectivity index (χ2v) is 6.41. The zero-order valence-electron chi connectivity index (χ0n) is 12.7. The Balaban J connectivity index is 2.07. The third kappa shape index (κ3) is 3.95. The highest BCUT2D eigenvalue weighted by atomic mass is 19.1. The number of nitrogen functional groups attached to an aromatic ring is 1. The van der Waals surface area contributed by atoms with E-state index in [0.717, 1.165) is 12.1 Å². The van der Waals surface area contributed by atoms with Gasteiger partial charge in [-0.25, -0.2) is 4.39 Å². The first-order chi connectivity index (χ1) is 9.58. The zero-order chi connectivity index (χ0) is 14.5. The molecule has 0 radical (unpaired) electrons. The van der Waals surface area contributed by atoms with Gasteiger partial charge in [0.25, 0.3) is 0 Å². The van der Waals surface area contributed by atoms with Gasteiger partial charge in [0, 0.05) is 18.2 Å². The van der Waals surface area contributed by atoms with Crippen LogP contribution in [0.25, 0.3) is 0 Å². The maximum atomic E-state index is 14.1. The van der Waals surface area contributed by atoms with Crippen molar-refractivity contribution in [2.75, 3.05) is 12.3 Å². The molecule has 20 heavy (non-hydrogen) atoms. The molecule has 112 valence electrons. The molecule has 0 amide bonds. The van der Waals surface area contributed by atoms with Crippen molar-refractivity contribution < 1.29 is 4.39 Å². The summed E-state index contributed by atoms with van der Waals surface area (Å²) in [4.78, 5) is 2.46. The SMILES string of the molecule is CC(C)CCN(Cc1cccc(N)c1F)C1CCCC1. The average Bonchev–Trinajstić information content (AvgIpc) is 2.93. The van der Waals surface area contributed by atoms with E-state index in [1.807, 2.05) is 12.1 Å². The summed E-state index contributed by atoms with van der Waals surface area (Å²) >= 11 is 0. The van der Waals surface area contributed by atoms with Crippen molar-refractivity contribution in [3.05, 3.63) is 29.6 Å². The molecule has 0 spiro atoms. The normalized spacial score (nSPS) is 16.4. The van der Waals surface area contributed by atoms with Gasteiger partial charge in [0.05, 0.1) is 5.69 Å². The van der Waals surface area contributed by atoms with Crippen LogP contribution >= 0.6 is 0 Å². The van der Waals surface area contributed by atoms with E-state index in [2.05, 4.69) is 18.7 Å². The highest BCUT2D eigenvalue weighted by Gasteiger charge is 2.23. The van der Waals surface area contributed by atoms with Gasteiger partial charge in [0.1, 0.15) is 0 Å². The van der Waals surface area contributed by atoms with Crippen molar-refractivity contribution in [3.8, 4) is 0 Å². The van der Waals surface area contributed by atoms with Crippen LogP contribution < -0.4 is 5.73 Å². The minimum atomic E-state index is -0.236. The summed E-state index contributed by atoms with van der Waals surface area (Å²) in [5.41, 5.74) is 6.68. The highest BCUT2D eigenvalue weighted by molar-refractivity contribution is 5.42. The Bertz CT molecular complexity index is 425. The average molecular weight is 278 g/mol. The Kier molecular flexibility index (Phi) is 5.41. The molecule has 1 fully saturated rings. The topological polar surface area (TPSA) is 29.3 Å². The van der Waals surface area contributed by atoms with Gasteiger partial charge >= 0.3 is 0 Å². The molecule has 1 aromatic rings. The van der Waals surface area contributed by atoms with Crippen LogP contribution in [0.1, 0.15) is 51.5 Å². The summed E-state index contributed by atoms with van der Waals surface area (Å²) in [5.74, 6) is 0.449. The molecule has 0 atom stereocenters. The smallest absolute Gasteiger partial charge is 0.150 e. The van der Waals surface area contributed by atoms with E-state index in [0.29, 0.717) is 18.5 Å². The predicted octanol–water partition coefficient (Wildman–Crippen LogP) is 4.20. The molecule has 1 aliphatic carbocycles. The maximum Gasteiger partial charge on any atom is 0.150 e. The number of hydrogen-bond acceptors (Lipinski definition) is 2. The minimum Gasteiger partial charge on any atom is -0.396 e. The van der Waals surface area contributed by atoms with E-state index in [1.54, 1.807) is 6.07 Å². The number of rotatable bonds is 6. The molecule has 2 nitrogen and oxygen atoms in total. The Morgan fingerprint density at radius 2 is 2.00 bits per heavy atom. The first-order valence-corrected chi connectivity index (χ1v) is 7.85. The van der Waals surface area contributed by atoms with Crippen molar-refractivity contribution in [3.63, 3.8) is 0 Å². The van der Waals surface area contributed by atoms with Crippen LogP contribution in [0.2, 0.25) is 0 Å². The lowest BCUT2D eigenvalue weighted by atomic mass is 10.1. The molecule has 2 rings (SSSR count). The minimum absolute atomic E-state index is 0.236. The van der Waals surface area contributed by atoms with Gasteiger partial charge in [0.2, 0.25) is 0 Å². The van der Waals surface area contributed by atoms with Crippen molar-refractivity contribution >= 4 is 5.69 Å². The highest BCUT2D eigenvalue weighted by Crippen LogP contribution is 2.27. The summed E-state index contributed by atoms with van der Waals surface area (Å²) < 4.78 is 14.1. The monoisotopic (exact) mass is 278 g/mol. The lowest BCUT2D eigenvalue weighted by molar-refractivity contribution is 0.177. The third-order valence-electron chi connectivity index (χ3n) is 4.32. The standard InChI is InChI=1S/C17H27FN2/c1-13(2)10-11-20(15-7-3-4-8-15)12-14-6-5-9-16(19)17(14)18/h5-6,9,13,15H,3-4,7-8,10-12,19H2,1-2H3. The number of nitrogens with two attached hydrogens (primary N) is 1. The van der Waals surface area contributed by atoms with Gasteiger partial charge in [0.15, 0.2) is 5.82 Å². The predicted molar refractivity (Wildman–Crippen MR) is 82.9 cm³/mol. The largest absolute Gasteiger partial charge is 0.396 e.